The van der Waals surface area contributed by atoms with Crippen LogP contribution in [0.25, 0.3) is 21.9 Å². The van der Waals surface area contributed by atoms with Gasteiger partial charge in [0, 0.05) is 5.02 Å². The molecule has 0 radical (unpaired) electrons. The number of halogens is 1. The Balaban J connectivity index is 1.49. The highest BCUT2D eigenvalue weighted by atomic mass is 35.5. The van der Waals surface area contributed by atoms with Crippen molar-refractivity contribution in [2.24, 2.45) is 0 Å². The van der Waals surface area contributed by atoms with Crippen LogP contribution in [0.5, 0.6) is 5.75 Å². The molecule has 0 amide bonds. The Hall–Kier alpha value is -3.15. The van der Waals surface area contributed by atoms with Crippen molar-refractivity contribution in [1.29, 1.82) is 0 Å². The van der Waals surface area contributed by atoms with Gasteiger partial charge in [0.15, 0.2) is 0 Å². The van der Waals surface area contributed by atoms with Crippen LogP contribution in [-0.4, -0.2) is 16.1 Å². The predicted octanol–water partition coefficient (Wildman–Crippen LogP) is 6.15. The summed E-state index contributed by atoms with van der Waals surface area (Å²) in [7, 11) is 0. The number of aliphatic carboxylic acids is 1. The Morgan fingerprint density at radius 1 is 1.03 bits per heavy atom. The third-order valence-corrected chi connectivity index (χ3v) is 5.54. The molecule has 29 heavy (non-hydrogen) atoms. The first-order chi connectivity index (χ1) is 14.1. The Morgan fingerprint density at radius 3 is 2.45 bits per heavy atom. The highest BCUT2D eigenvalue weighted by Crippen LogP contribution is 2.25. The molecule has 1 aromatic heterocycles. The Kier molecular flexibility index (Phi) is 5.60. The van der Waals surface area contributed by atoms with Gasteiger partial charge in [-0.25, -0.2) is 9.78 Å². The summed E-state index contributed by atoms with van der Waals surface area (Å²) in [4.78, 5) is 16.3. The van der Waals surface area contributed by atoms with E-state index in [9.17, 15) is 9.90 Å². The summed E-state index contributed by atoms with van der Waals surface area (Å²) in [6.07, 6.45) is 1.62. The van der Waals surface area contributed by atoms with Crippen LogP contribution < -0.4 is 4.74 Å². The van der Waals surface area contributed by atoms with Crippen LogP contribution in [-0.2, 0) is 11.4 Å². The van der Waals surface area contributed by atoms with E-state index in [2.05, 4.69) is 4.98 Å². The lowest BCUT2D eigenvalue weighted by atomic mass is 10.0. The number of thiazole rings is 1. The lowest BCUT2D eigenvalue weighted by molar-refractivity contribution is -0.130. The molecule has 0 unspecified atom stereocenters. The van der Waals surface area contributed by atoms with Gasteiger partial charge < -0.3 is 9.84 Å². The summed E-state index contributed by atoms with van der Waals surface area (Å²) in [5.74, 6) is -0.340. The first kappa shape index (κ1) is 19.2. The molecule has 144 valence electrons. The predicted molar refractivity (Wildman–Crippen MR) is 117 cm³/mol. The molecule has 1 heterocycles. The van der Waals surface area contributed by atoms with Crippen LogP contribution in [0, 0.1) is 0 Å². The zero-order valence-electron chi connectivity index (χ0n) is 15.2. The van der Waals surface area contributed by atoms with Crippen LogP contribution in [0.3, 0.4) is 0 Å². The molecule has 0 aliphatic rings. The number of ether oxygens (including phenoxy) is 1. The van der Waals surface area contributed by atoms with Crippen LogP contribution in [0.2, 0.25) is 5.02 Å². The molecule has 4 rings (SSSR count). The number of fused-ring (bicyclic) bond motifs is 1. The first-order valence-corrected chi connectivity index (χ1v) is 10.1. The van der Waals surface area contributed by atoms with Crippen LogP contribution in [0.15, 0.2) is 72.8 Å². The fraction of sp³-hybridized carbons (Fsp3) is 0.0435. The van der Waals surface area contributed by atoms with Gasteiger partial charge >= 0.3 is 5.97 Å². The fourth-order valence-electron chi connectivity index (χ4n) is 2.85. The number of nitrogens with zero attached hydrogens (tertiary/aromatic N) is 1. The van der Waals surface area contributed by atoms with Crippen molar-refractivity contribution >= 4 is 50.8 Å². The minimum atomic E-state index is -0.997. The van der Waals surface area contributed by atoms with Gasteiger partial charge in [-0.3, -0.25) is 0 Å². The molecule has 0 fully saturated rings. The Labute approximate surface area is 176 Å². The first-order valence-electron chi connectivity index (χ1n) is 8.87. The van der Waals surface area contributed by atoms with Crippen molar-refractivity contribution in [1.82, 2.24) is 4.98 Å². The lowest BCUT2D eigenvalue weighted by Gasteiger charge is -2.07. The van der Waals surface area contributed by atoms with Crippen molar-refractivity contribution in [2.45, 2.75) is 6.61 Å². The van der Waals surface area contributed by atoms with E-state index in [0.717, 1.165) is 20.8 Å². The molecule has 4 nitrogen and oxygen atoms in total. The molecule has 6 heteroatoms. The second-order valence-electron chi connectivity index (χ2n) is 6.30. The maximum atomic E-state index is 11.7. The Morgan fingerprint density at radius 2 is 1.76 bits per heavy atom. The number of para-hydroxylation sites is 1. The van der Waals surface area contributed by atoms with E-state index in [4.69, 9.17) is 16.3 Å². The largest absolute Gasteiger partial charge is 0.486 e. The average Bonchev–Trinajstić information content (AvgIpc) is 3.15. The van der Waals surface area contributed by atoms with Gasteiger partial charge in [-0.05, 0) is 53.6 Å². The van der Waals surface area contributed by atoms with Gasteiger partial charge in [0.25, 0.3) is 0 Å². The van der Waals surface area contributed by atoms with Crippen LogP contribution in [0.4, 0.5) is 0 Å². The van der Waals surface area contributed by atoms with Crippen LogP contribution >= 0.6 is 22.9 Å². The van der Waals surface area contributed by atoms with Gasteiger partial charge in [0.05, 0.1) is 15.8 Å². The van der Waals surface area contributed by atoms with E-state index >= 15 is 0 Å². The normalized spacial score (nSPS) is 11.6. The lowest BCUT2D eigenvalue weighted by Crippen LogP contribution is -2.00. The highest BCUT2D eigenvalue weighted by molar-refractivity contribution is 7.18. The molecule has 4 aromatic rings. The van der Waals surface area contributed by atoms with E-state index in [1.165, 1.54) is 0 Å². The Bertz CT molecular complexity index is 1150. The van der Waals surface area contributed by atoms with Gasteiger partial charge in [0.1, 0.15) is 17.4 Å². The summed E-state index contributed by atoms with van der Waals surface area (Å²) in [5.41, 5.74) is 2.53. The number of carboxylic acid groups (broad SMARTS) is 1. The van der Waals surface area contributed by atoms with Gasteiger partial charge in [-0.1, -0.05) is 48.0 Å². The molecule has 0 bridgehead atoms. The van der Waals surface area contributed by atoms with E-state index in [1.807, 2.05) is 24.3 Å². The number of benzene rings is 3. The third-order valence-electron chi connectivity index (χ3n) is 4.28. The van der Waals surface area contributed by atoms with Gasteiger partial charge in [-0.2, -0.15) is 0 Å². The van der Waals surface area contributed by atoms with Crippen molar-refractivity contribution in [3.63, 3.8) is 0 Å². The summed E-state index contributed by atoms with van der Waals surface area (Å²) < 4.78 is 6.94. The third kappa shape index (κ3) is 4.65. The molecular formula is C23H16ClNO3S. The van der Waals surface area contributed by atoms with Crippen LogP contribution in [0.1, 0.15) is 16.1 Å². The standard InChI is InChI=1S/C23H16ClNO3S/c24-17-9-5-15(6-10-17)13-19(23(26)27)16-7-11-18(12-8-16)28-14-22-25-20-3-1-2-4-21(20)29-22/h1-13H,14H2,(H,26,27)/b19-13-. The molecule has 0 saturated heterocycles. The van der Waals surface area contributed by atoms with E-state index in [1.54, 1.807) is 65.9 Å². The zero-order valence-corrected chi connectivity index (χ0v) is 16.8. The fourth-order valence-corrected chi connectivity index (χ4v) is 3.86. The minimum Gasteiger partial charge on any atom is -0.486 e. The minimum absolute atomic E-state index is 0.199. The van der Waals surface area contributed by atoms with Crippen molar-refractivity contribution < 1.29 is 14.6 Å². The van der Waals surface area contributed by atoms with Gasteiger partial charge in [-0.15, -0.1) is 11.3 Å². The molecule has 0 aliphatic carbocycles. The molecule has 0 spiro atoms. The monoisotopic (exact) mass is 421 g/mol. The second kappa shape index (κ2) is 8.47. The van der Waals surface area contributed by atoms with E-state index in [-0.39, 0.29) is 5.57 Å². The number of carbonyl (C=O) groups is 1. The maximum Gasteiger partial charge on any atom is 0.336 e. The molecule has 0 saturated carbocycles. The average molecular weight is 422 g/mol. The topological polar surface area (TPSA) is 59.4 Å². The summed E-state index contributed by atoms with van der Waals surface area (Å²) in [6, 6.07) is 22.0. The number of hydrogen-bond acceptors (Lipinski definition) is 4. The molecule has 0 atom stereocenters. The smallest absolute Gasteiger partial charge is 0.336 e. The maximum absolute atomic E-state index is 11.7. The molecule has 0 aliphatic heterocycles. The highest BCUT2D eigenvalue weighted by Gasteiger charge is 2.11. The zero-order chi connectivity index (χ0) is 20.2. The van der Waals surface area contributed by atoms with E-state index in [0.29, 0.717) is 22.9 Å². The number of aromatic nitrogens is 1. The second-order valence-corrected chi connectivity index (χ2v) is 7.85. The number of carboxylic acids is 1. The van der Waals surface area contributed by atoms with Crippen molar-refractivity contribution in [2.75, 3.05) is 0 Å². The summed E-state index contributed by atoms with van der Waals surface area (Å²) in [5, 5.41) is 11.1. The summed E-state index contributed by atoms with van der Waals surface area (Å²) in [6.45, 7) is 0.366. The SMILES string of the molecule is O=C(O)/C(=C\c1ccc(Cl)cc1)c1ccc(OCc2nc3ccccc3s2)cc1. The molecule has 1 N–H and O–H groups in total. The van der Waals surface area contributed by atoms with Gasteiger partial charge in [0.2, 0.25) is 0 Å². The number of hydrogen-bond donors (Lipinski definition) is 1. The van der Waals surface area contributed by atoms with E-state index < -0.39 is 5.97 Å². The molecule has 3 aromatic carbocycles. The molecular weight excluding hydrogens is 406 g/mol. The van der Waals surface area contributed by atoms with Crippen molar-refractivity contribution in [3.8, 4) is 5.75 Å². The van der Waals surface area contributed by atoms with Crippen molar-refractivity contribution in [3.05, 3.63) is 94.0 Å². The quantitative estimate of drug-likeness (QED) is 0.299. The summed E-state index contributed by atoms with van der Waals surface area (Å²) >= 11 is 7.49. The number of rotatable bonds is 6.